The second-order valence-corrected chi connectivity index (χ2v) is 13.1. The molecule has 0 bridgehead atoms. The van der Waals surface area contributed by atoms with Gasteiger partial charge in [0.25, 0.3) is 0 Å². The molecule has 5 aromatic rings. The zero-order valence-corrected chi connectivity index (χ0v) is 25.4. The molecule has 3 aromatic heterocycles. The van der Waals surface area contributed by atoms with Crippen LogP contribution in [0.3, 0.4) is 0 Å². The fraction of sp³-hybridized carbons (Fsp3) is 0.226. The standard InChI is InChI=1S/C31H31N7O3S2/c1-21(2)30-36-28(22-7-6-8-23(19-22)37-43(39,40)25-9-4-3-5-10-25)29(42-30)26-13-14-32-31(35-26)34-24-11-12-27(33-20-24)38-15-17-41-18-16-38/h3-14,19-21H,15-18H2,1-2H3,(H2-,32,34,35,37,39,40)/p+1. The molecule has 220 valence electrons. The largest absolute Gasteiger partial charge is 0.378 e. The quantitative estimate of drug-likeness (QED) is 0.155. The number of hydrogen-bond donors (Lipinski definition) is 3. The molecule has 1 unspecified atom stereocenters. The molecule has 0 spiro atoms. The van der Waals surface area contributed by atoms with Gasteiger partial charge in [-0.3, -0.25) is 0 Å². The second-order valence-electron chi connectivity index (χ2n) is 10.3. The van der Waals surface area contributed by atoms with Gasteiger partial charge in [0, 0.05) is 30.8 Å². The Morgan fingerprint density at radius 1 is 0.953 bits per heavy atom. The van der Waals surface area contributed by atoms with Crippen molar-refractivity contribution in [3.8, 4) is 21.8 Å². The Labute approximate surface area is 255 Å². The summed E-state index contributed by atoms with van der Waals surface area (Å²) in [6.07, 6.45) is 3.50. The fourth-order valence-corrected chi connectivity index (χ4v) is 6.77. The summed E-state index contributed by atoms with van der Waals surface area (Å²) in [5, 5.41) is 4.24. The lowest BCUT2D eigenvalue weighted by atomic mass is 10.1. The molecule has 6 rings (SSSR count). The highest BCUT2D eigenvalue weighted by molar-refractivity contribution is 7.99. The zero-order chi connectivity index (χ0) is 29.8. The number of morpholine rings is 1. The van der Waals surface area contributed by atoms with E-state index in [1.54, 1.807) is 54.1 Å². The van der Waals surface area contributed by atoms with E-state index in [9.17, 15) is 8.76 Å². The van der Waals surface area contributed by atoms with Crippen molar-refractivity contribution in [3.63, 3.8) is 0 Å². The molecule has 1 saturated heterocycles. The molecule has 0 amide bonds. The first-order valence-corrected chi connectivity index (χ1v) is 16.3. The van der Waals surface area contributed by atoms with E-state index in [2.05, 4.69) is 38.8 Å². The van der Waals surface area contributed by atoms with Crippen LogP contribution in [-0.2, 0) is 19.3 Å². The number of hydrogen-bond acceptors (Lipinski definition) is 9. The van der Waals surface area contributed by atoms with Gasteiger partial charge in [0.15, 0.2) is 0 Å². The molecule has 0 radical (unpaired) electrons. The van der Waals surface area contributed by atoms with Crippen LogP contribution < -0.4 is 14.9 Å². The number of anilines is 4. The minimum Gasteiger partial charge on any atom is -0.378 e. The minimum absolute atomic E-state index is 0.212. The molecule has 43 heavy (non-hydrogen) atoms. The van der Waals surface area contributed by atoms with Crippen molar-refractivity contribution in [3.05, 3.63) is 90.2 Å². The number of thiazole rings is 1. The van der Waals surface area contributed by atoms with Gasteiger partial charge in [-0.2, -0.15) is 9.27 Å². The summed E-state index contributed by atoms with van der Waals surface area (Å²) in [4.78, 5) is 22.2. The van der Waals surface area contributed by atoms with Crippen LogP contribution in [0.4, 0.5) is 23.1 Å². The summed E-state index contributed by atoms with van der Waals surface area (Å²) in [6.45, 7) is 7.27. The average Bonchev–Trinajstić information content (AvgIpc) is 3.49. The first-order chi connectivity index (χ1) is 20.9. The maximum Gasteiger partial charge on any atom is 0.346 e. The average molecular weight is 615 g/mol. The van der Waals surface area contributed by atoms with Crippen LogP contribution in [0.5, 0.6) is 0 Å². The molecule has 1 aliphatic rings. The molecule has 0 aliphatic carbocycles. The highest BCUT2D eigenvalue weighted by Crippen LogP contribution is 2.39. The van der Waals surface area contributed by atoms with E-state index >= 15 is 0 Å². The van der Waals surface area contributed by atoms with Crippen LogP contribution in [0.2, 0.25) is 0 Å². The summed E-state index contributed by atoms with van der Waals surface area (Å²) >= 11 is 1.58. The smallest absolute Gasteiger partial charge is 0.346 e. The normalized spacial score (nSPS) is 14.8. The van der Waals surface area contributed by atoms with E-state index in [1.165, 1.54) is 0 Å². The highest BCUT2D eigenvalue weighted by Gasteiger charge is 2.29. The van der Waals surface area contributed by atoms with Gasteiger partial charge in [-0.25, -0.2) is 19.9 Å². The zero-order valence-electron chi connectivity index (χ0n) is 23.8. The Bertz CT molecular complexity index is 1740. The van der Waals surface area contributed by atoms with Crippen molar-refractivity contribution in [2.75, 3.05) is 41.2 Å². The van der Waals surface area contributed by atoms with Crippen LogP contribution in [0.1, 0.15) is 24.8 Å². The Hall–Kier alpha value is -4.23. The molecule has 3 N–H and O–H groups in total. The number of nitrogens with one attached hydrogen (secondary N) is 2. The molecule has 4 heterocycles. The monoisotopic (exact) mass is 614 g/mol. The van der Waals surface area contributed by atoms with Crippen molar-refractivity contribution >= 4 is 44.9 Å². The number of aromatic nitrogens is 4. The Morgan fingerprint density at radius 2 is 1.77 bits per heavy atom. The van der Waals surface area contributed by atoms with Gasteiger partial charge in [-0.1, -0.05) is 44.2 Å². The van der Waals surface area contributed by atoms with Gasteiger partial charge in [0.2, 0.25) is 10.8 Å². The van der Waals surface area contributed by atoms with Crippen LogP contribution in [0.15, 0.2) is 90.1 Å². The van der Waals surface area contributed by atoms with E-state index in [1.807, 2.05) is 42.5 Å². The third kappa shape index (κ3) is 6.73. The number of pyridine rings is 1. The van der Waals surface area contributed by atoms with Gasteiger partial charge in [0.05, 0.1) is 52.1 Å². The Morgan fingerprint density at radius 3 is 2.51 bits per heavy atom. The maximum atomic E-state index is 13.1. The van der Waals surface area contributed by atoms with Crippen LogP contribution >= 0.6 is 11.3 Å². The number of rotatable bonds is 9. The van der Waals surface area contributed by atoms with E-state index in [4.69, 9.17) is 14.7 Å². The summed E-state index contributed by atoms with van der Waals surface area (Å²) in [5.41, 5.74) is 3.58. The van der Waals surface area contributed by atoms with E-state index < -0.39 is 10.4 Å². The van der Waals surface area contributed by atoms with Gasteiger partial charge in [-0.15, -0.1) is 11.3 Å². The topological polar surface area (TPSA) is 125 Å². The molecule has 1 fully saturated rings. The molecule has 10 nitrogen and oxygen atoms in total. The van der Waals surface area contributed by atoms with Crippen molar-refractivity contribution in [1.82, 2.24) is 19.9 Å². The number of ether oxygens (including phenoxy) is 1. The third-order valence-corrected chi connectivity index (χ3v) is 9.62. The lowest BCUT2D eigenvalue weighted by Gasteiger charge is -2.27. The van der Waals surface area contributed by atoms with Crippen LogP contribution in [0, 0.1) is 0 Å². The first kappa shape index (κ1) is 28.9. The van der Waals surface area contributed by atoms with E-state index in [0.717, 1.165) is 51.4 Å². The number of benzene rings is 2. The second kappa shape index (κ2) is 12.6. The molecular weight excluding hydrogens is 583 g/mol. The molecule has 1 aliphatic heterocycles. The Balaban J connectivity index is 1.27. The fourth-order valence-electron chi connectivity index (χ4n) is 4.62. The van der Waals surface area contributed by atoms with Gasteiger partial charge < -0.3 is 15.0 Å². The predicted molar refractivity (Wildman–Crippen MR) is 172 cm³/mol. The number of nitrogens with zero attached hydrogens (tertiary/aromatic N) is 5. The van der Waals surface area contributed by atoms with Crippen molar-refractivity contribution < 1.29 is 13.5 Å². The third-order valence-electron chi connectivity index (χ3n) is 6.82. The lowest BCUT2D eigenvalue weighted by molar-refractivity contribution is 0.122. The van der Waals surface area contributed by atoms with Gasteiger partial charge >= 0.3 is 10.4 Å². The van der Waals surface area contributed by atoms with Gasteiger partial charge in [0.1, 0.15) is 5.82 Å². The summed E-state index contributed by atoms with van der Waals surface area (Å²) in [5.74, 6) is 1.57. The molecule has 1 atom stereocenters. The minimum atomic E-state index is -3.49. The van der Waals surface area contributed by atoms with Crippen LogP contribution in [-0.4, -0.2) is 50.8 Å². The molecular formula is C31H32N7O3S2+. The van der Waals surface area contributed by atoms with E-state index in [0.29, 0.717) is 29.7 Å². The van der Waals surface area contributed by atoms with Crippen molar-refractivity contribution in [2.24, 2.45) is 0 Å². The molecule has 2 aromatic carbocycles. The van der Waals surface area contributed by atoms with Crippen LogP contribution in [0.25, 0.3) is 21.8 Å². The van der Waals surface area contributed by atoms with E-state index in [-0.39, 0.29) is 5.92 Å². The highest BCUT2D eigenvalue weighted by atomic mass is 32.3. The predicted octanol–water partition coefficient (Wildman–Crippen LogP) is 6.72. The summed E-state index contributed by atoms with van der Waals surface area (Å²) < 4.78 is 32.0. The van der Waals surface area contributed by atoms with Crippen molar-refractivity contribution in [2.45, 2.75) is 24.7 Å². The molecule has 0 saturated carbocycles. The summed E-state index contributed by atoms with van der Waals surface area (Å²) in [6, 6.07) is 21.7. The SMILES string of the molecule is CC(C)c1nc(-c2cccc(N[S+](=O)(O)c3ccccc3)c2)c(-c2ccnc(Nc3ccc(N4CCOCC4)nc3)n2)s1. The summed E-state index contributed by atoms with van der Waals surface area (Å²) in [7, 11) is -3.49. The lowest BCUT2D eigenvalue weighted by Crippen LogP contribution is -2.36. The molecule has 12 heteroatoms. The maximum absolute atomic E-state index is 13.1. The van der Waals surface area contributed by atoms with Crippen molar-refractivity contribution in [1.29, 1.82) is 0 Å². The Kier molecular flexibility index (Phi) is 8.43. The van der Waals surface area contributed by atoms with Gasteiger partial charge in [-0.05, 0) is 46.7 Å². The first-order valence-electron chi connectivity index (χ1n) is 14.0.